The molecule has 0 fully saturated rings. The topological polar surface area (TPSA) is 66.5 Å². The molecule has 0 bridgehead atoms. The number of carbonyl (C=O) groups excluding carboxylic acids is 1. The fourth-order valence-electron chi connectivity index (χ4n) is 2.84. The van der Waals surface area contributed by atoms with Gasteiger partial charge in [0, 0.05) is 10.7 Å². The molecule has 0 saturated carbocycles. The third kappa shape index (κ3) is 4.96. The largest absolute Gasteiger partial charge is 0.325 e. The molecule has 3 aromatic rings. The summed E-state index contributed by atoms with van der Waals surface area (Å²) in [6.07, 6.45) is 0. The zero-order chi connectivity index (χ0) is 21.0. The van der Waals surface area contributed by atoms with E-state index in [4.69, 9.17) is 11.6 Å². The first kappa shape index (κ1) is 20.9. The zero-order valence-corrected chi connectivity index (χ0v) is 17.7. The summed E-state index contributed by atoms with van der Waals surface area (Å²) in [5.74, 6) is -0.451. The molecule has 0 spiro atoms. The van der Waals surface area contributed by atoms with Crippen LogP contribution in [0.5, 0.6) is 0 Å². The van der Waals surface area contributed by atoms with Crippen LogP contribution in [0.4, 0.5) is 11.4 Å². The average Bonchev–Trinajstić information content (AvgIpc) is 2.70. The van der Waals surface area contributed by atoms with Crippen molar-refractivity contribution in [2.45, 2.75) is 18.7 Å². The molecule has 0 aliphatic heterocycles. The van der Waals surface area contributed by atoms with Crippen molar-refractivity contribution in [1.82, 2.24) is 0 Å². The highest BCUT2D eigenvalue weighted by molar-refractivity contribution is 7.92. The molecule has 7 heteroatoms. The number of hydrogen-bond acceptors (Lipinski definition) is 3. The Morgan fingerprint density at radius 2 is 1.62 bits per heavy atom. The second-order valence-electron chi connectivity index (χ2n) is 6.67. The highest BCUT2D eigenvalue weighted by Gasteiger charge is 2.28. The molecule has 3 aromatic carbocycles. The SMILES string of the molecule is Cc1ccc(NC(=O)CN(c2cc(Cl)ccc2C)S(=O)(=O)c2ccccc2)cc1. The van der Waals surface area contributed by atoms with E-state index in [1.165, 1.54) is 12.1 Å². The Hall–Kier alpha value is -2.83. The standard InChI is InChI=1S/C22H21ClN2O3S/c1-16-8-12-19(13-9-16)24-22(26)15-25(21-14-18(23)11-10-17(21)2)29(27,28)20-6-4-3-5-7-20/h3-14H,15H2,1-2H3,(H,24,26). The third-order valence-electron chi connectivity index (χ3n) is 4.39. The summed E-state index contributed by atoms with van der Waals surface area (Å²) in [5, 5.41) is 3.14. The summed E-state index contributed by atoms with van der Waals surface area (Å²) in [6, 6.07) is 20.3. The van der Waals surface area contributed by atoms with Crippen molar-refractivity contribution >= 4 is 38.9 Å². The Kier molecular flexibility index (Phi) is 6.25. The van der Waals surface area contributed by atoms with Crippen molar-refractivity contribution in [3.05, 3.63) is 88.9 Å². The minimum atomic E-state index is -3.97. The van der Waals surface area contributed by atoms with E-state index in [2.05, 4.69) is 5.32 Å². The smallest absolute Gasteiger partial charge is 0.264 e. The number of hydrogen-bond donors (Lipinski definition) is 1. The van der Waals surface area contributed by atoms with Crippen LogP contribution >= 0.6 is 11.6 Å². The van der Waals surface area contributed by atoms with Crippen LogP contribution in [-0.4, -0.2) is 20.9 Å². The van der Waals surface area contributed by atoms with E-state index in [-0.39, 0.29) is 11.4 Å². The Morgan fingerprint density at radius 1 is 0.966 bits per heavy atom. The van der Waals surface area contributed by atoms with Gasteiger partial charge in [0.25, 0.3) is 10.0 Å². The lowest BCUT2D eigenvalue weighted by atomic mass is 10.2. The Morgan fingerprint density at radius 3 is 2.28 bits per heavy atom. The van der Waals surface area contributed by atoms with Crippen molar-refractivity contribution in [3.8, 4) is 0 Å². The lowest BCUT2D eigenvalue weighted by Crippen LogP contribution is -2.38. The van der Waals surface area contributed by atoms with Crippen molar-refractivity contribution in [2.75, 3.05) is 16.2 Å². The molecule has 0 atom stereocenters. The lowest BCUT2D eigenvalue weighted by molar-refractivity contribution is -0.114. The number of carbonyl (C=O) groups is 1. The molecule has 3 rings (SSSR count). The average molecular weight is 429 g/mol. The summed E-state index contributed by atoms with van der Waals surface area (Å²) in [6.45, 7) is 3.34. The number of nitrogens with one attached hydrogen (secondary N) is 1. The monoisotopic (exact) mass is 428 g/mol. The molecule has 5 nitrogen and oxygen atoms in total. The quantitative estimate of drug-likeness (QED) is 0.613. The van der Waals surface area contributed by atoms with Gasteiger partial charge in [-0.2, -0.15) is 0 Å². The van der Waals surface area contributed by atoms with Crippen molar-refractivity contribution in [3.63, 3.8) is 0 Å². The van der Waals surface area contributed by atoms with E-state index in [1.54, 1.807) is 55.5 Å². The van der Waals surface area contributed by atoms with Crippen LogP contribution in [-0.2, 0) is 14.8 Å². The number of nitrogens with zero attached hydrogens (tertiary/aromatic N) is 1. The normalized spacial score (nSPS) is 11.1. The van der Waals surface area contributed by atoms with Gasteiger partial charge in [0.2, 0.25) is 5.91 Å². The Labute approximate surface area is 176 Å². The highest BCUT2D eigenvalue weighted by Crippen LogP contribution is 2.29. The predicted octanol–water partition coefficient (Wildman–Crippen LogP) is 4.79. The lowest BCUT2D eigenvalue weighted by Gasteiger charge is -2.26. The fraction of sp³-hybridized carbons (Fsp3) is 0.136. The van der Waals surface area contributed by atoms with Gasteiger partial charge >= 0.3 is 0 Å². The van der Waals surface area contributed by atoms with Gasteiger partial charge in [0.15, 0.2) is 0 Å². The van der Waals surface area contributed by atoms with Gasteiger partial charge in [-0.25, -0.2) is 8.42 Å². The van der Waals surface area contributed by atoms with Crippen LogP contribution in [0, 0.1) is 13.8 Å². The molecule has 0 radical (unpaired) electrons. The van der Waals surface area contributed by atoms with Crippen molar-refractivity contribution < 1.29 is 13.2 Å². The molecule has 29 heavy (non-hydrogen) atoms. The molecule has 0 unspecified atom stereocenters. The van der Waals surface area contributed by atoms with Crippen molar-refractivity contribution in [2.24, 2.45) is 0 Å². The first-order valence-corrected chi connectivity index (χ1v) is 10.8. The number of sulfonamides is 1. The first-order chi connectivity index (χ1) is 13.8. The van der Waals surface area contributed by atoms with E-state index in [9.17, 15) is 13.2 Å². The van der Waals surface area contributed by atoms with Crippen LogP contribution in [0.15, 0.2) is 77.7 Å². The minimum Gasteiger partial charge on any atom is -0.325 e. The number of amides is 1. The van der Waals surface area contributed by atoms with Gasteiger partial charge in [0.05, 0.1) is 10.6 Å². The van der Waals surface area contributed by atoms with E-state index >= 15 is 0 Å². The van der Waals surface area contributed by atoms with E-state index < -0.39 is 15.9 Å². The van der Waals surface area contributed by atoms with Gasteiger partial charge in [-0.05, 0) is 55.8 Å². The van der Waals surface area contributed by atoms with E-state index in [1.807, 2.05) is 19.1 Å². The summed E-state index contributed by atoms with van der Waals surface area (Å²) >= 11 is 6.12. The van der Waals surface area contributed by atoms with Crippen LogP contribution in [0.1, 0.15) is 11.1 Å². The van der Waals surface area contributed by atoms with Gasteiger partial charge in [-0.15, -0.1) is 0 Å². The first-order valence-electron chi connectivity index (χ1n) is 8.98. The molecular weight excluding hydrogens is 408 g/mol. The van der Waals surface area contributed by atoms with Gasteiger partial charge in [-0.1, -0.05) is 53.6 Å². The van der Waals surface area contributed by atoms with Gasteiger partial charge < -0.3 is 5.32 Å². The molecule has 0 aliphatic carbocycles. The van der Waals surface area contributed by atoms with Crippen LogP contribution in [0.25, 0.3) is 0 Å². The predicted molar refractivity (Wildman–Crippen MR) is 117 cm³/mol. The molecule has 1 amide bonds. The van der Waals surface area contributed by atoms with Crippen LogP contribution < -0.4 is 9.62 Å². The second-order valence-corrected chi connectivity index (χ2v) is 8.97. The number of aryl methyl sites for hydroxylation is 2. The number of halogens is 1. The molecule has 150 valence electrons. The maximum Gasteiger partial charge on any atom is 0.264 e. The maximum absolute atomic E-state index is 13.3. The number of benzene rings is 3. The van der Waals surface area contributed by atoms with Gasteiger partial charge in [0.1, 0.15) is 6.54 Å². The van der Waals surface area contributed by atoms with Gasteiger partial charge in [-0.3, -0.25) is 9.10 Å². The summed E-state index contributed by atoms with van der Waals surface area (Å²) in [5.41, 5.74) is 2.71. The Balaban J connectivity index is 1.98. The zero-order valence-electron chi connectivity index (χ0n) is 16.1. The molecule has 0 aliphatic rings. The van der Waals surface area contributed by atoms with E-state index in [0.29, 0.717) is 22.0 Å². The van der Waals surface area contributed by atoms with Crippen molar-refractivity contribution in [1.29, 1.82) is 0 Å². The molecular formula is C22H21ClN2O3S. The second kappa shape index (κ2) is 8.68. The fourth-order valence-corrected chi connectivity index (χ4v) is 4.50. The molecule has 0 aromatic heterocycles. The third-order valence-corrected chi connectivity index (χ3v) is 6.40. The number of anilines is 2. The summed E-state index contributed by atoms with van der Waals surface area (Å²) in [4.78, 5) is 12.8. The molecule has 1 N–H and O–H groups in total. The molecule has 0 saturated heterocycles. The summed E-state index contributed by atoms with van der Waals surface area (Å²) in [7, 11) is -3.97. The number of rotatable bonds is 6. The maximum atomic E-state index is 13.3. The van der Waals surface area contributed by atoms with E-state index in [0.717, 1.165) is 9.87 Å². The summed E-state index contributed by atoms with van der Waals surface area (Å²) < 4.78 is 27.8. The van der Waals surface area contributed by atoms with Crippen LogP contribution in [0.2, 0.25) is 5.02 Å². The Bertz CT molecular complexity index is 1110. The highest BCUT2D eigenvalue weighted by atomic mass is 35.5. The molecule has 0 heterocycles. The minimum absolute atomic E-state index is 0.0995. The van der Waals surface area contributed by atoms with Crippen LogP contribution in [0.3, 0.4) is 0 Å².